The van der Waals surface area contributed by atoms with E-state index in [-0.39, 0.29) is 11.6 Å². The largest absolute Gasteiger partial charge is 0.321 e. The van der Waals surface area contributed by atoms with Gasteiger partial charge in [0.2, 0.25) is 0 Å². The van der Waals surface area contributed by atoms with Crippen LogP contribution in [0.3, 0.4) is 0 Å². The summed E-state index contributed by atoms with van der Waals surface area (Å²) in [5, 5.41) is 5.83. The average Bonchev–Trinajstić information content (AvgIpc) is 3.20. The van der Waals surface area contributed by atoms with Crippen molar-refractivity contribution in [1.29, 1.82) is 0 Å². The fourth-order valence-electron chi connectivity index (χ4n) is 2.49. The number of benzene rings is 2. The number of rotatable bonds is 4. The molecule has 5 nitrogen and oxygen atoms in total. The molecule has 0 fully saturated rings. The van der Waals surface area contributed by atoms with Gasteiger partial charge in [-0.1, -0.05) is 42.5 Å². The summed E-state index contributed by atoms with van der Waals surface area (Å²) in [5.41, 5.74) is 3.88. The predicted molar refractivity (Wildman–Crippen MR) is 103 cm³/mol. The van der Waals surface area contributed by atoms with Crippen LogP contribution in [0.1, 0.15) is 10.5 Å². The molecule has 26 heavy (non-hydrogen) atoms. The van der Waals surface area contributed by atoms with Gasteiger partial charge in [0.25, 0.3) is 5.91 Å². The summed E-state index contributed by atoms with van der Waals surface area (Å²) >= 11 is 1.60. The van der Waals surface area contributed by atoms with Crippen LogP contribution in [0.25, 0.3) is 21.8 Å². The van der Waals surface area contributed by atoms with Crippen molar-refractivity contribution in [3.05, 3.63) is 84.3 Å². The van der Waals surface area contributed by atoms with Gasteiger partial charge in [0, 0.05) is 34.6 Å². The van der Waals surface area contributed by atoms with E-state index in [2.05, 4.69) is 15.3 Å². The fraction of sp³-hybridized carbons (Fsp3) is 0. The van der Waals surface area contributed by atoms with Crippen LogP contribution in [0.4, 0.5) is 5.69 Å². The molecule has 0 atom stereocenters. The standard InChI is InChI=1S/C20H14N4OS/c25-19(17-12-21-9-10-22-17)23-16-8-4-7-15(11-16)18-13-26-20(24-18)14-5-2-1-3-6-14/h1-13H,(H,23,25). The highest BCUT2D eigenvalue weighted by atomic mass is 32.1. The van der Waals surface area contributed by atoms with Crippen molar-refractivity contribution >= 4 is 22.9 Å². The molecule has 2 aromatic heterocycles. The lowest BCUT2D eigenvalue weighted by Gasteiger charge is -2.06. The first-order valence-corrected chi connectivity index (χ1v) is 8.86. The molecule has 4 rings (SSSR count). The second-order valence-electron chi connectivity index (χ2n) is 5.53. The molecule has 4 aromatic rings. The maximum absolute atomic E-state index is 12.2. The zero-order valence-corrected chi connectivity index (χ0v) is 14.5. The van der Waals surface area contributed by atoms with Crippen LogP contribution in [0.5, 0.6) is 0 Å². The lowest BCUT2D eigenvalue weighted by atomic mass is 10.1. The molecule has 0 saturated heterocycles. The van der Waals surface area contributed by atoms with Gasteiger partial charge in [0.1, 0.15) is 10.7 Å². The summed E-state index contributed by atoms with van der Waals surface area (Å²) < 4.78 is 0. The summed E-state index contributed by atoms with van der Waals surface area (Å²) in [4.78, 5) is 24.9. The van der Waals surface area contributed by atoms with Crippen LogP contribution in [0.2, 0.25) is 0 Å². The monoisotopic (exact) mass is 358 g/mol. The van der Waals surface area contributed by atoms with E-state index in [1.807, 2.05) is 60.0 Å². The number of carbonyl (C=O) groups is 1. The van der Waals surface area contributed by atoms with E-state index in [1.165, 1.54) is 18.6 Å². The molecule has 2 heterocycles. The third kappa shape index (κ3) is 3.50. The average molecular weight is 358 g/mol. The maximum atomic E-state index is 12.2. The Morgan fingerprint density at radius 2 is 1.81 bits per heavy atom. The van der Waals surface area contributed by atoms with Crippen molar-refractivity contribution in [3.8, 4) is 21.8 Å². The number of carbonyl (C=O) groups excluding carboxylic acids is 1. The summed E-state index contributed by atoms with van der Waals surface area (Å²) in [6, 6.07) is 17.7. The highest BCUT2D eigenvalue weighted by Crippen LogP contribution is 2.29. The van der Waals surface area contributed by atoms with E-state index in [4.69, 9.17) is 4.98 Å². The normalized spacial score (nSPS) is 10.5. The molecule has 2 aromatic carbocycles. The number of hydrogen-bond acceptors (Lipinski definition) is 5. The molecule has 0 saturated carbocycles. The Morgan fingerprint density at radius 3 is 2.62 bits per heavy atom. The van der Waals surface area contributed by atoms with Gasteiger partial charge in [-0.2, -0.15) is 0 Å². The summed E-state index contributed by atoms with van der Waals surface area (Å²) in [7, 11) is 0. The van der Waals surface area contributed by atoms with Crippen LogP contribution in [0.15, 0.2) is 78.6 Å². The molecule has 0 aliphatic rings. The van der Waals surface area contributed by atoms with E-state index in [0.29, 0.717) is 5.69 Å². The highest BCUT2D eigenvalue weighted by molar-refractivity contribution is 7.13. The van der Waals surface area contributed by atoms with Crippen molar-refractivity contribution in [2.24, 2.45) is 0 Å². The van der Waals surface area contributed by atoms with Gasteiger partial charge in [-0.3, -0.25) is 9.78 Å². The van der Waals surface area contributed by atoms with Crippen molar-refractivity contribution in [3.63, 3.8) is 0 Å². The Kier molecular flexibility index (Phi) is 4.49. The second kappa shape index (κ2) is 7.25. The van der Waals surface area contributed by atoms with Crippen LogP contribution < -0.4 is 5.32 Å². The molecule has 1 N–H and O–H groups in total. The van der Waals surface area contributed by atoms with Gasteiger partial charge in [0.05, 0.1) is 11.9 Å². The molecule has 0 unspecified atom stereocenters. The number of nitrogens with one attached hydrogen (secondary N) is 1. The number of aromatic nitrogens is 3. The van der Waals surface area contributed by atoms with Crippen LogP contribution in [0, 0.1) is 0 Å². The van der Waals surface area contributed by atoms with E-state index in [1.54, 1.807) is 11.3 Å². The molecule has 1 amide bonds. The first-order chi connectivity index (χ1) is 12.8. The molecule has 0 bridgehead atoms. The molecule has 0 spiro atoms. The molecule has 6 heteroatoms. The van der Waals surface area contributed by atoms with Crippen LogP contribution in [-0.4, -0.2) is 20.9 Å². The molecule has 0 aliphatic heterocycles. The topological polar surface area (TPSA) is 67.8 Å². The fourth-order valence-corrected chi connectivity index (χ4v) is 3.32. The summed E-state index contributed by atoms with van der Waals surface area (Å²) in [6.45, 7) is 0. The minimum absolute atomic E-state index is 0.276. The third-order valence-corrected chi connectivity index (χ3v) is 4.63. The van der Waals surface area contributed by atoms with E-state index in [0.717, 1.165) is 21.8 Å². The first-order valence-electron chi connectivity index (χ1n) is 7.98. The van der Waals surface area contributed by atoms with Crippen LogP contribution >= 0.6 is 11.3 Å². The van der Waals surface area contributed by atoms with E-state index < -0.39 is 0 Å². The van der Waals surface area contributed by atoms with Gasteiger partial charge in [0.15, 0.2) is 0 Å². The molecule has 126 valence electrons. The number of thiazole rings is 1. The Bertz CT molecular complexity index is 1030. The number of amides is 1. The Morgan fingerprint density at radius 1 is 0.962 bits per heavy atom. The van der Waals surface area contributed by atoms with Gasteiger partial charge < -0.3 is 5.32 Å². The minimum atomic E-state index is -0.293. The maximum Gasteiger partial charge on any atom is 0.275 e. The predicted octanol–water partition coefficient (Wildman–Crippen LogP) is 4.52. The van der Waals surface area contributed by atoms with E-state index in [9.17, 15) is 4.79 Å². The summed E-state index contributed by atoms with van der Waals surface area (Å²) in [5.74, 6) is -0.293. The molecular formula is C20H14N4OS. The van der Waals surface area contributed by atoms with Gasteiger partial charge in [-0.25, -0.2) is 9.97 Å². The SMILES string of the molecule is O=C(Nc1cccc(-c2csc(-c3ccccc3)n2)c1)c1cnccn1. The molecule has 0 radical (unpaired) electrons. The first kappa shape index (κ1) is 16.1. The lowest BCUT2D eigenvalue weighted by molar-refractivity contribution is 0.102. The number of nitrogens with zero attached hydrogens (tertiary/aromatic N) is 3. The Balaban J connectivity index is 1.57. The smallest absolute Gasteiger partial charge is 0.275 e. The zero-order valence-electron chi connectivity index (χ0n) is 13.7. The number of anilines is 1. The Labute approximate surface area is 154 Å². The van der Waals surface area contributed by atoms with Crippen molar-refractivity contribution in [2.75, 3.05) is 5.32 Å². The minimum Gasteiger partial charge on any atom is -0.321 e. The lowest BCUT2D eigenvalue weighted by Crippen LogP contribution is -2.13. The quantitative estimate of drug-likeness (QED) is 0.582. The van der Waals surface area contributed by atoms with Gasteiger partial charge in [-0.05, 0) is 12.1 Å². The highest BCUT2D eigenvalue weighted by Gasteiger charge is 2.10. The zero-order chi connectivity index (χ0) is 17.8. The summed E-state index contributed by atoms with van der Waals surface area (Å²) in [6.07, 6.45) is 4.46. The van der Waals surface area contributed by atoms with Crippen LogP contribution in [-0.2, 0) is 0 Å². The molecular weight excluding hydrogens is 344 g/mol. The van der Waals surface area contributed by atoms with E-state index >= 15 is 0 Å². The van der Waals surface area contributed by atoms with Crippen molar-refractivity contribution < 1.29 is 4.79 Å². The van der Waals surface area contributed by atoms with Crippen molar-refractivity contribution in [1.82, 2.24) is 15.0 Å². The van der Waals surface area contributed by atoms with Gasteiger partial charge >= 0.3 is 0 Å². The van der Waals surface area contributed by atoms with Gasteiger partial charge in [-0.15, -0.1) is 11.3 Å². The second-order valence-corrected chi connectivity index (χ2v) is 6.39. The number of hydrogen-bond donors (Lipinski definition) is 1. The third-order valence-electron chi connectivity index (χ3n) is 3.74. The van der Waals surface area contributed by atoms with Crippen molar-refractivity contribution in [2.45, 2.75) is 0 Å². The Hall–Kier alpha value is -3.38. The molecule has 0 aliphatic carbocycles.